The molecule has 44 heavy (non-hydrogen) atoms. The van der Waals surface area contributed by atoms with Crippen LogP contribution in [-0.2, 0) is 35.1 Å². The summed E-state index contributed by atoms with van der Waals surface area (Å²) < 4.78 is 57.9. The highest BCUT2D eigenvalue weighted by molar-refractivity contribution is 6.80. The zero-order chi connectivity index (χ0) is 33.6. The molecule has 0 aliphatic rings. The van der Waals surface area contributed by atoms with Crippen molar-refractivity contribution in [3.8, 4) is 17.2 Å². The number of nitrogens with one attached hydrogen (secondary N) is 1. The number of hydrogen-bond acceptors (Lipinski definition) is 10. The summed E-state index contributed by atoms with van der Waals surface area (Å²) in [7, 11) is 1.07. The van der Waals surface area contributed by atoms with Gasteiger partial charge in [-0.25, -0.2) is 9.59 Å². The molecule has 2 rings (SSSR count). The third-order valence-corrected chi connectivity index (χ3v) is 5.86. The predicted molar refractivity (Wildman–Crippen MR) is 152 cm³/mol. The Kier molecular flexibility index (Phi) is 15.5. The van der Waals surface area contributed by atoms with Gasteiger partial charge in [-0.3, -0.25) is 14.4 Å². The summed E-state index contributed by atoms with van der Waals surface area (Å²) in [6.07, 6.45) is -5.92. The molecule has 2 N–H and O–H groups in total. The van der Waals surface area contributed by atoms with E-state index in [0.717, 1.165) is 7.11 Å². The molecule has 0 aliphatic carbocycles. The van der Waals surface area contributed by atoms with Gasteiger partial charge in [0.05, 0.1) is 37.5 Å². The van der Waals surface area contributed by atoms with Gasteiger partial charge in [0.15, 0.2) is 5.78 Å². The number of methoxy groups -OCH3 is 1. The molecular weight excluding hydrogens is 638 g/mol. The molecule has 0 aliphatic heterocycles. The van der Waals surface area contributed by atoms with Crippen LogP contribution in [0.25, 0.3) is 0 Å². The smallest absolute Gasteiger partial charge is 0.396 e. The molecule has 16 heteroatoms. The van der Waals surface area contributed by atoms with E-state index in [1.165, 1.54) is 31.2 Å². The van der Waals surface area contributed by atoms with Crippen LogP contribution >= 0.6 is 23.2 Å². The number of phenols is 1. The number of Topliss-reactive ketones (excluding diaryl/α,β-unsaturated/α-hetero) is 1. The van der Waals surface area contributed by atoms with Gasteiger partial charge in [0.25, 0.3) is 0 Å². The number of rotatable bonds is 12. The number of aromatic hydroxyl groups is 1. The number of hydrogen-bond donors (Lipinski definition) is 2. The van der Waals surface area contributed by atoms with Crippen molar-refractivity contribution in [3.63, 3.8) is 0 Å². The van der Waals surface area contributed by atoms with Crippen molar-refractivity contribution >= 4 is 57.8 Å². The van der Waals surface area contributed by atoms with Crippen LogP contribution in [0.5, 0.6) is 17.2 Å². The lowest BCUT2D eigenvalue weighted by atomic mass is 10.0. The first kappa shape index (κ1) is 38.0. The zero-order valence-corrected chi connectivity index (χ0v) is 25.6. The fourth-order valence-electron chi connectivity index (χ4n) is 3.32. The Morgan fingerprint density at radius 1 is 1.00 bits per heavy atom. The van der Waals surface area contributed by atoms with E-state index in [1.807, 2.05) is 0 Å². The topological polar surface area (TPSA) is 155 Å². The third-order valence-electron chi connectivity index (χ3n) is 5.42. The van der Waals surface area contributed by atoms with E-state index in [9.17, 15) is 42.3 Å². The highest BCUT2D eigenvalue weighted by Gasteiger charge is 2.29. The molecular formula is C28H30Cl2F3NO10. The Morgan fingerprint density at radius 2 is 1.61 bits per heavy atom. The van der Waals surface area contributed by atoms with Gasteiger partial charge in [0, 0.05) is 30.2 Å². The summed E-state index contributed by atoms with van der Waals surface area (Å²) in [4.78, 5) is 54.6. The average molecular weight is 668 g/mol. The molecule has 2 aromatic rings. The molecule has 0 heterocycles. The minimum absolute atomic E-state index is 0.0211. The van der Waals surface area contributed by atoms with E-state index in [2.05, 4.69) is 14.8 Å². The van der Waals surface area contributed by atoms with Gasteiger partial charge in [0.1, 0.15) is 17.2 Å². The minimum atomic E-state index is -4.45. The van der Waals surface area contributed by atoms with Crippen LogP contribution in [-0.4, -0.2) is 67.1 Å². The van der Waals surface area contributed by atoms with Crippen LogP contribution in [0.15, 0.2) is 24.3 Å². The number of amides is 1. The summed E-state index contributed by atoms with van der Waals surface area (Å²) in [5, 5.41) is 11.9. The molecule has 1 amide bonds. The molecule has 0 spiro atoms. The molecule has 242 valence electrons. The van der Waals surface area contributed by atoms with Crippen LogP contribution in [0.4, 0.5) is 18.9 Å². The quantitative estimate of drug-likeness (QED) is 0.0998. The number of ether oxygens (including phenoxy) is 4. The third kappa shape index (κ3) is 12.7. The number of alkyl halides is 3. The lowest BCUT2D eigenvalue weighted by Crippen LogP contribution is -2.24. The van der Waals surface area contributed by atoms with Crippen LogP contribution in [0.2, 0.25) is 5.02 Å². The second-order valence-electron chi connectivity index (χ2n) is 8.70. The number of carbonyl (C=O) groups excluding carboxylic acids is 5. The molecule has 2 aromatic carbocycles. The average Bonchev–Trinajstić information content (AvgIpc) is 2.93. The van der Waals surface area contributed by atoms with Crippen molar-refractivity contribution in [3.05, 3.63) is 46.0 Å². The lowest BCUT2D eigenvalue weighted by Gasteiger charge is -2.16. The predicted octanol–water partition coefficient (Wildman–Crippen LogP) is 5.33. The monoisotopic (exact) mass is 667 g/mol. The SMILES string of the molecule is CCOC(=O)C(=O)Cl.COC(=O)C(=O)Nc1cc(OCCCOc2ccc(C(C)=O)c(O)c2CCC(F)(F)F)c(Cl)cc1C. The van der Waals surface area contributed by atoms with Crippen molar-refractivity contribution in [2.75, 3.05) is 32.2 Å². The van der Waals surface area contributed by atoms with Gasteiger partial charge >= 0.3 is 29.3 Å². The number of carbonyl (C=O) groups is 5. The fourth-order valence-corrected chi connectivity index (χ4v) is 3.65. The fraction of sp³-hybridized carbons (Fsp3) is 0.393. The van der Waals surface area contributed by atoms with Crippen molar-refractivity contribution in [2.24, 2.45) is 0 Å². The molecule has 11 nitrogen and oxygen atoms in total. The molecule has 0 aromatic heterocycles. The van der Waals surface area contributed by atoms with Gasteiger partial charge in [-0.1, -0.05) is 11.6 Å². The maximum absolute atomic E-state index is 12.7. The standard InChI is InChI=1S/C24H25ClF3NO7.C4H5ClO3/c1-13-11-17(25)20(12-18(13)29-22(32)23(33)34-3)36-10-4-9-35-19-6-5-15(14(2)30)21(31)16(19)7-8-24(26,27)28;1-2-8-4(7)3(5)6/h5-6,11-12,31H,4,7-10H2,1-3H3,(H,29,32);2H2,1H3. The van der Waals surface area contributed by atoms with Crippen LogP contribution < -0.4 is 14.8 Å². The van der Waals surface area contributed by atoms with E-state index in [-0.39, 0.29) is 59.6 Å². The molecule has 0 fully saturated rings. The molecule has 0 saturated carbocycles. The summed E-state index contributed by atoms with van der Waals surface area (Å²) in [5.41, 5.74) is 0.671. The van der Waals surface area contributed by atoms with E-state index in [4.69, 9.17) is 32.7 Å². The van der Waals surface area contributed by atoms with Crippen LogP contribution in [0, 0.1) is 6.92 Å². The lowest BCUT2D eigenvalue weighted by molar-refractivity contribution is -0.150. The van der Waals surface area contributed by atoms with Gasteiger partial charge in [-0.15, -0.1) is 0 Å². The van der Waals surface area contributed by atoms with Crippen molar-refractivity contribution < 1.29 is 61.2 Å². The summed E-state index contributed by atoms with van der Waals surface area (Å²) in [6.45, 7) is 4.74. The number of aryl methyl sites for hydroxylation is 1. The largest absolute Gasteiger partial charge is 0.507 e. The van der Waals surface area contributed by atoms with Gasteiger partial charge in [-0.2, -0.15) is 13.2 Å². The normalized spacial score (nSPS) is 10.6. The second kappa shape index (κ2) is 17.9. The number of halogens is 5. The molecule has 0 atom stereocenters. The van der Waals surface area contributed by atoms with Gasteiger partial charge in [0.2, 0.25) is 0 Å². The maximum atomic E-state index is 12.7. The highest BCUT2D eigenvalue weighted by atomic mass is 35.5. The molecule has 0 saturated heterocycles. The number of benzene rings is 2. The number of esters is 2. The number of ketones is 1. The molecule has 0 radical (unpaired) electrons. The van der Waals surface area contributed by atoms with Crippen LogP contribution in [0.3, 0.4) is 0 Å². The van der Waals surface area contributed by atoms with Gasteiger partial charge in [-0.05, 0) is 62.6 Å². The van der Waals surface area contributed by atoms with Crippen molar-refractivity contribution in [1.29, 1.82) is 0 Å². The Hall–Kier alpha value is -4.04. The second-order valence-corrected chi connectivity index (χ2v) is 9.45. The van der Waals surface area contributed by atoms with E-state index in [1.54, 1.807) is 13.8 Å². The summed E-state index contributed by atoms with van der Waals surface area (Å²) >= 11 is 10.9. The van der Waals surface area contributed by atoms with Crippen molar-refractivity contribution in [1.82, 2.24) is 0 Å². The number of phenolic OH excluding ortho intramolecular Hbond substituents is 1. The molecule has 0 bridgehead atoms. The van der Waals surface area contributed by atoms with Gasteiger partial charge < -0.3 is 29.4 Å². The first-order valence-corrected chi connectivity index (χ1v) is 13.5. The highest BCUT2D eigenvalue weighted by Crippen LogP contribution is 2.35. The van der Waals surface area contributed by atoms with E-state index < -0.39 is 53.6 Å². The first-order valence-electron chi connectivity index (χ1n) is 12.8. The Morgan fingerprint density at radius 3 is 2.11 bits per heavy atom. The zero-order valence-electron chi connectivity index (χ0n) is 24.1. The first-order chi connectivity index (χ1) is 20.5. The summed E-state index contributed by atoms with van der Waals surface area (Å²) in [6, 6.07) is 5.60. The molecule has 0 unspecified atom stereocenters. The minimum Gasteiger partial charge on any atom is -0.507 e. The Balaban J connectivity index is 0.00000106. The van der Waals surface area contributed by atoms with E-state index >= 15 is 0 Å². The van der Waals surface area contributed by atoms with Crippen molar-refractivity contribution in [2.45, 2.75) is 46.2 Å². The van der Waals surface area contributed by atoms with Crippen LogP contribution in [0.1, 0.15) is 48.2 Å². The maximum Gasteiger partial charge on any atom is 0.396 e. The summed E-state index contributed by atoms with van der Waals surface area (Å²) in [5.74, 6) is -3.80. The Labute approximate surface area is 260 Å². The number of anilines is 1. The Bertz CT molecular complexity index is 1370. The van der Waals surface area contributed by atoms with E-state index in [0.29, 0.717) is 5.56 Å².